The van der Waals surface area contributed by atoms with E-state index in [4.69, 9.17) is 16.3 Å². The van der Waals surface area contributed by atoms with E-state index in [1.807, 2.05) is 12.1 Å². The average Bonchev–Trinajstić information content (AvgIpc) is 3.38. The minimum absolute atomic E-state index is 0.155. The maximum Gasteiger partial charge on any atom is 0.244 e. The SMILES string of the molecule is COc1ccccc1S(=O)(=O)NC(c1ccc(Cl)cc1)C1CC1. The van der Waals surface area contributed by atoms with E-state index in [2.05, 4.69) is 4.72 Å². The molecule has 1 unspecified atom stereocenters. The van der Waals surface area contributed by atoms with Gasteiger partial charge in [-0.05, 0) is 48.6 Å². The molecule has 0 saturated heterocycles. The van der Waals surface area contributed by atoms with Crippen LogP contribution in [0.4, 0.5) is 0 Å². The van der Waals surface area contributed by atoms with Crippen LogP contribution >= 0.6 is 11.6 Å². The summed E-state index contributed by atoms with van der Waals surface area (Å²) in [5.74, 6) is 0.659. The van der Waals surface area contributed by atoms with Gasteiger partial charge in [0.1, 0.15) is 10.6 Å². The summed E-state index contributed by atoms with van der Waals surface area (Å²) >= 11 is 5.92. The topological polar surface area (TPSA) is 55.4 Å². The number of methoxy groups -OCH3 is 1. The minimum atomic E-state index is -3.67. The Morgan fingerprint density at radius 2 is 1.78 bits per heavy atom. The lowest BCUT2D eigenvalue weighted by atomic mass is 10.0. The first-order chi connectivity index (χ1) is 11.0. The Morgan fingerprint density at radius 3 is 2.39 bits per heavy atom. The molecule has 3 rings (SSSR count). The summed E-state index contributed by atoms with van der Waals surface area (Å²) in [6.07, 6.45) is 2.03. The summed E-state index contributed by atoms with van der Waals surface area (Å²) in [7, 11) is -2.21. The highest BCUT2D eigenvalue weighted by Gasteiger charge is 2.36. The van der Waals surface area contributed by atoms with Crippen molar-refractivity contribution in [2.24, 2.45) is 5.92 Å². The van der Waals surface area contributed by atoms with Gasteiger partial charge in [-0.2, -0.15) is 0 Å². The van der Waals surface area contributed by atoms with Crippen molar-refractivity contribution < 1.29 is 13.2 Å². The van der Waals surface area contributed by atoms with Gasteiger partial charge in [0.2, 0.25) is 10.0 Å². The van der Waals surface area contributed by atoms with Gasteiger partial charge in [0.15, 0.2) is 0 Å². The lowest BCUT2D eigenvalue weighted by molar-refractivity contribution is 0.401. The number of hydrogen-bond donors (Lipinski definition) is 1. The van der Waals surface area contributed by atoms with Gasteiger partial charge in [-0.3, -0.25) is 0 Å². The number of halogens is 1. The molecular formula is C17H18ClNO3S. The summed E-state index contributed by atoms with van der Waals surface area (Å²) < 4.78 is 33.6. The van der Waals surface area contributed by atoms with Gasteiger partial charge in [0, 0.05) is 11.1 Å². The van der Waals surface area contributed by atoms with E-state index in [1.54, 1.807) is 36.4 Å². The molecule has 1 fully saturated rings. The highest BCUT2D eigenvalue weighted by molar-refractivity contribution is 7.89. The smallest absolute Gasteiger partial charge is 0.244 e. The predicted octanol–water partition coefficient (Wildman–Crippen LogP) is 3.78. The van der Waals surface area contributed by atoms with Crippen molar-refractivity contribution in [3.8, 4) is 5.75 Å². The molecule has 4 nitrogen and oxygen atoms in total. The van der Waals surface area contributed by atoms with E-state index in [9.17, 15) is 8.42 Å². The molecule has 1 atom stereocenters. The zero-order valence-electron chi connectivity index (χ0n) is 12.7. The van der Waals surface area contributed by atoms with Gasteiger partial charge in [0.25, 0.3) is 0 Å². The fraction of sp³-hybridized carbons (Fsp3) is 0.294. The quantitative estimate of drug-likeness (QED) is 0.861. The molecule has 1 N–H and O–H groups in total. The summed E-state index contributed by atoms with van der Waals surface area (Å²) in [6.45, 7) is 0. The van der Waals surface area contributed by atoms with E-state index >= 15 is 0 Å². The Hall–Kier alpha value is -1.56. The summed E-state index contributed by atoms with van der Waals surface area (Å²) in [5.41, 5.74) is 0.926. The van der Waals surface area contributed by atoms with Crippen LogP contribution in [0.15, 0.2) is 53.4 Å². The summed E-state index contributed by atoms with van der Waals surface area (Å²) in [4.78, 5) is 0.155. The molecule has 6 heteroatoms. The lowest BCUT2D eigenvalue weighted by Gasteiger charge is -2.20. The maximum absolute atomic E-state index is 12.8. The van der Waals surface area contributed by atoms with Gasteiger partial charge in [-0.25, -0.2) is 13.1 Å². The second-order valence-corrected chi connectivity index (χ2v) is 7.76. The van der Waals surface area contributed by atoms with Gasteiger partial charge < -0.3 is 4.74 Å². The van der Waals surface area contributed by atoms with Gasteiger partial charge in [-0.15, -0.1) is 0 Å². The van der Waals surface area contributed by atoms with Gasteiger partial charge in [0.05, 0.1) is 7.11 Å². The normalized spacial score (nSPS) is 16.1. The van der Waals surface area contributed by atoms with Crippen molar-refractivity contribution in [3.63, 3.8) is 0 Å². The zero-order valence-corrected chi connectivity index (χ0v) is 14.3. The monoisotopic (exact) mass is 351 g/mol. The molecule has 2 aromatic rings. The third-order valence-corrected chi connectivity index (χ3v) is 5.70. The van der Waals surface area contributed by atoms with E-state index in [0.717, 1.165) is 18.4 Å². The molecule has 0 bridgehead atoms. The molecule has 1 aliphatic rings. The van der Waals surface area contributed by atoms with Crippen LogP contribution in [0.25, 0.3) is 0 Å². The van der Waals surface area contributed by atoms with Crippen LogP contribution in [0.2, 0.25) is 5.02 Å². The first kappa shape index (κ1) is 16.3. The number of hydrogen-bond acceptors (Lipinski definition) is 3. The molecule has 0 aliphatic heterocycles. The van der Waals surface area contributed by atoms with E-state index < -0.39 is 10.0 Å². The molecule has 2 aromatic carbocycles. The van der Waals surface area contributed by atoms with E-state index in [0.29, 0.717) is 16.7 Å². The number of sulfonamides is 1. The maximum atomic E-state index is 12.8. The number of para-hydroxylation sites is 1. The van der Waals surface area contributed by atoms with Gasteiger partial charge >= 0.3 is 0 Å². The van der Waals surface area contributed by atoms with E-state index in [-0.39, 0.29) is 10.9 Å². The van der Waals surface area contributed by atoms with Crippen LogP contribution in [0.3, 0.4) is 0 Å². The number of ether oxygens (including phenoxy) is 1. The number of nitrogens with one attached hydrogen (secondary N) is 1. The fourth-order valence-corrected chi connectivity index (χ4v) is 4.20. The highest BCUT2D eigenvalue weighted by Crippen LogP contribution is 2.42. The van der Waals surface area contributed by atoms with Crippen molar-refractivity contribution >= 4 is 21.6 Å². The predicted molar refractivity (Wildman–Crippen MR) is 90.2 cm³/mol. The number of benzene rings is 2. The molecule has 0 amide bonds. The average molecular weight is 352 g/mol. The van der Waals surface area contributed by atoms with Crippen LogP contribution in [0.1, 0.15) is 24.4 Å². The highest BCUT2D eigenvalue weighted by atomic mass is 35.5. The van der Waals surface area contributed by atoms with Crippen LogP contribution in [-0.2, 0) is 10.0 Å². The standard InChI is InChI=1S/C17H18ClNO3S/c1-22-15-4-2-3-5-16(15)23(20,21)19-17(12-6-7-12)13-8-10-14(18)11-9-13/h2-5,8-12,17,19H,6-7H2,1H3. The number of rotatable bonds is 6. The van der Waals surface area contributed by atoms with Crippen LogP contribution in [0.5, 0.6) is 5.75 Å². The Morgan fingerprint density at radius 1 is 1.13 bits per heavy atom. The summed E-state index contributed by atoms with van der Waals surface area (Å²) in [6, 6.07) is 13.7. The molecule has 1 saturated carbocycles. The van der Waals surface area contributed by atoms with Gasteiger partial charge in [-0.1, -0.05) is 35.9 Å². The third-order valence-electron chi connectivity index (χ3n) is 3.96. The fourth-order valence-electron chi connectivity index (χ4n) is 2.61. The van der Waals surface area contributed by atoms with Crippen molar-refractivity contribution in [1.82, 2.24) is 4.72 Å². The minimum Gasteiger partial charge on any atom is -0.495 e. The largest absolute Gasteiger partial charge is 0.495 e. The zero-order chi connectivity index (χ0) is 16.4. The van der Waals surface area contributed by atoms with Crippen molar-refractivity contribution in [2.75, 3.05) is 7.11 Å². The lowest BCUT2D eigenvalue weighted by Crippen LogP contribution is -2.30. The Balaban J connectivity index is 1.92. The molecule has 1 aliphatic carbocycles. The molecule has 122 valence electrons. The summed E-state index contributed by atoms with van der Waals surface area (Å²) in [5, 5.41) is 0.635. The van der Waals surface area contributed by atoms with E-state index in [1.165, 1.54) is 7.11 Å². The molecule has 0 spiro atoms. The van der Waals surface area contributed by atoms with Crippen LogP contribution in [0, 0.1) is 5.92 Å². The van der Waals surface area contributed by atoms with Crippen molar-refractivity contribution in [3.05, 3.63) is 59.1 Å². The second-order valence-electron chi connectivity index (χ2n) is 5.64. The first-order valence-corrected chi connectivity index (χ1v) is 9.28. The van der Waals surface area contributed by atoms with Crippen molar-refractivity contribution in [2.45, 2.75) is 23.8 Å². The molecular weight excluding hydrogens is 334 g/mol. The van der Waals surface area contributed by atoms with Crippen LogP contribution in [-0.4, -0.2) is 15.5 Å². The Kier molecular flexibility index (Phi) is 4.62. The van der Waals surface area contributed by atoms with Crippen molar-refractivity contribution in [1.29, 1.82) is 0 Å². The second kappa shape index (κ2) is 6.51. The molecule has 0 aromatic heterocycles. The molecule has 0 heterocycles. The molecule has 23 heavy (non-hydrogen) atoms. The Labute approximate surface area is 141 Å². The Bertz CT molecular complexity index is 786. The van der Waals surface area contributed by atoms with Crippen LogP contribution < -0.4 is 9.46 Å². The third kappa shape index (κ3) is 3.68. The first-order valence-electron chi connectivity index (χ1n) is 7.42. The molecule has 0 radical (unpaired) electrons.